The number of nitrogens with zero attached hydrogens (tertiary/aromatic N) is 4. The van der Waals surface area contributed by atoms with E-state index in [-0.39, 0.29) is 6.03 Å². The van der Waals surface area contributed by atoms with Gasteiger partial charge in [0.1, 0.15) is 10.8 Å². The Morgan fingerprint density at radius 3 is 2.63 bits per heavy atom. The Morgan fingerprint density at radius 1 is 1.06 bits per heavy atom. The molecule has 178 valence electrons. The predicted octanol–water partition coefficient (Wildman–Crippen LogP) is 3.08. The van der Waals surface area contributed by atoms with Crippen LogP contribution in [-0.4, -0.2) is 45.5 Å². The average molecular weight is 491 g/mol. The van der Waals surface area contributed by atoms with Gasteiger partial charge in [0.15, 0.2) is 0 Å². The molecule has 0 aromatic carbocycles. The van der Waals surface area contributed by atoms with Crippen molar-refractivity contribution in [3.8, 4) is 38.8 Å². The highest BCUT2D eigenvalue weighted by molar-refractivity contribution is 7.13. The number of ether oxygens (including phenoxy) is 1. The number of hydrogen-bond acceptors (Lipinski definition) is 9. The number of hydrogen-bond donors (Lipinski definition) is 4. The summed E-state index contributed by atoms with van der Waals surface area (Å²) in [6.07, 6.45) is 6.33. The fourth-order valence-corrected chi connectivity index (χ4v) is 4.09. The number of nitrogens with one attached hydrogen (secondary N) is 3. The van der Waals surface area contributed by atoms with Gasteiger partial charge < -0.3 is 10.1 Å². The van der Waals surface area contributed by atoms with Crippen molar-refractivity contribution in [1.29, 1.82) is 0 Å². The van der Waals surface area contributed by atoms with Gasteiger partial charge in [0.2, 0.25) is 5.88 Å². The third-order valence-corrected chi connectivity index (χ3v) is 5.78. The first kappa shape index (κ1) is 23.7. The van der Waals surface area contributed by atoms with Crippen LogP contribution in [0.1, 0.15) is 17.3 Å². The third kappa shape index (κ3) is 5.39. The van der Waals surface area contributed by atoms with Gasteiger partial charge in [-0.2, -0.15) is 0 Å². The van der Waals surface area contributed by atoms with Gasteiger partial charge in [0, 0.05) is 65.0 Å². The summed E-state index contributed by atoms with van der Waals surface area (Å²) in [7, 11) is 1.56. The summed E-state index contributed by atoms with van der Waals surface area (Å²) in [5.74, 6) is 5.67. The molecule has 0 aliphatic rings. The monoisotopic (exact) mass is 490 g/mol. The van der Waals surface area contributed by atoms with Crippen LogP contribution in [0.15, 0.2) is 54.4 Å². The summed E-state index contributed by atoms with van der Waals surface area (Å²) in [5.41, 5.74) is 5.98. The summed E-state index contributed by atoms with van der Waals surface area (Å²) >= 11 is 1.42. The zero-order valence-corrected chi connectivity index (χ0v) is 19.7. The Bertz CT molecular complexity index is 1360. The zero-order chi connectivity index (χ0) is 24.8. The molecule has 0 aliphatic heterocycles. The quantitative estimate of drug-likeness (QED) is 0.175. The standard InChI is InChI=1S/C23H22N8O3S/c1-3-26-23(33)30-19-7-16(17(11-27-19)14-6-15(9-25-8-14)21(32)31-24)22-29-18(12-35-22)13-4-5-20(34-2)28-10-13/h4-12H,3,24H2,1-2H3,(H,31,32)(H2,26,27,30,33). The van der Waals surface area contributed by atoms with E-state index in [1.54, 1.807) is 43.9 Å². The van der Waals surface area contributed by atoms with Crippen LogP contribution in [0.5, 0.6) is 5.88 Å². The van der Waals surface area contributed by atoms with E-state index in [1.807, 2.05) is 18.4 Å². The number of pyridine rings is 3. The molecular weight excluding hydrogens is 468 g/mol. The number of thiazole rings is 1. The summed E-state index contributed by atoms with van der Waals surface area (Å²) in [6.45, 7) is 2.30. The van der Waals surface area contributed by atoms with Crippen molar-refractivity contribution in [2.45, 2.75) is 6.92 Å². The summed E-state index contributed by atoms with van der Waals surface area (Å²) in [6, 6.07) is 6.66. The summed E-state index contributed by atoms with van der Waals surface area (Å²) in [4.78, 5) is 41.6. The molecule has 0 fully saturated rings. The molecule has 0 bridgehead atoms. The first-order chi connectivity index (χ1) is 17.0. The van der Waals surface area contributed by atoms with E-state index in [1.165, 1.54) is 17.5 Å². The smallest absolute Gasteiger partial charge is 0.320 e. The van der Waals surface area contributed by atoms with E-state index in [0.717, 1.165) is 11.3 Å². The lowest BCUT2D eigenvalue weighted by molar-refractivity contribution is 0.0953. The Morgan fingerprint density at radius 2 is 1.91 bits per heavy atom. The van der Waals surface area contributed by atoms with E-state index in [9.17, 15) is 9.59 Å². The molecule has 0 saturated heterocycles. The number of nitrogens with two attached hydrogens (primary N) is 1. The molecule has 4 aromatic rings. The van der Waals surface area contributed by atoms with Gasteiger partial charge in [-0.05, 0) is 25.1 Å². The maximum Gasteiger partial charge on any atom is 0.320 e. The second kappa shape index (κ2) is 10.7. The molecule has 11 nitrogen and oxygen atoms in total. The lowest BCUT2D eigenvalue weighted by Crippen LogP contribution is -2.30. The number of aromatic nitrogens is 4. The molecule has 0 radical (unpaired) electrons. The van der Waals surface area contributed by atoms with Crippen molar-refractivity contribution in [2.24, 2.45) is 5.84 Å². The maximum absolute atomic E-state index is 12.1. The molecule has 0 unspecified atom stereocenters. The van der Waals surface area contributed by atoms with Crippen LogP contribution in [-0.2, 0) is 0 Å². The van der Waals surface area contributed by atoms with Crippen LogP contribution in [0.2, 0.25) is 0 Å². The van der Waals surface area contributed by atoms with Crippen LogP contribution in [0.25, 0.3) is 33.0 Å². The molecule has 4 aromatic heterocycles. The largest absolute Gasteiger partial charge is 0.481 e. The number of rotatable bonds is 7. The molecule has 3 amide bonds. The number of carbonyl (C=O) groups excluding carboxylic acids is 2. The first-order valence-corrected chi connectivity index (χ1v) is 11.4. The van der Waals surface area contributed by atoms with Crippen LogP contribution in [0.3, 0.4) is 0 Å². The topological polar surface area (TPSA) is 157 Å². The minimum atomic E-state index is -0.466. The number of anilines is 1. The number of amides is 3. The van der Waals surface area contributed by atoms with Crippen molar-refractivity contribution in [1.82, 2.24) is 30.7 Å². The van der Waals surface area contributed by atoms with Gasteiger partial charge in [0.25, 0.3) is 5.91 Å². The molecule has 0 atom stereocenters. The number of urea groups is 1. The first-order valence-electron chi connectivity index (χ1n) is 10.5. The highest BCUT2D eigenvalue weighted by atomic mass is 32.1. The number of hydrazine groups is 1. The van der Waals surface area contributed by atoms with Gasteiger partial charge in [-0.15, -0.1) is 11.3 Å². The minimum Gasteiger partial charge on any atom is -0.481 e. The highest BCUT2D eigenvalue weighted by Gasteiger charge is 2.17. The number of carbonyl (C=O) groups is 2. The van der Waals surface area contributed by atoms with Crippen LogP contribution < -0.4 is 26.6 Å². The van der Waals surface area contributed by atoms with E-state index < -0.39 is 5.91 Å². The number of methoxy groups -OCH3 is 1. The van der Waals surface area contributed by atoms with E-state index in [0.29, 0.717) is 45.5 Å². The molecule has 0 aliphatic carbocycles. The molecule has 0 spiro atoms. The highest BCUT2D eigenvalue weighted by Crippen LogP contribution is 2.36. The van der Waals surface area contributed by atoms with Gasteiger partial charge in [-0.1, -0.05) is 0 Å². The van der Waals surface area contributed by atoms with Crippen molar-refractivity contribution in [3.05, 3.63) is 60.0 Å². The lowest BCUT2D eigenvalue weighted by atomic mass is 10.0. The van der Waals surface area contributed by atoms with E-state index >= 15 is 0 Å². The van der Waals surface area contributed by atoms with Crippen molar-refractivity contribution < 1.29 is 14.3 Å². The molecule has 35 heavy (non-hydrogen) atoms. The Labute approximate surface area is 204 Å². The molecule has 0 saturated carbocycles. The van der Waals surface area contributed by atoms with E-state index in [4.69, 9.17) is 15.6 Å². The fourth-order valence-electron chi connectivity index (χ4n) is 3.23. The minimum absolute atomic E-state index is 0.296. The van der Waals surface area contributed by atoms with Crippen LogP contribution in [0, 0.1) is 0 Å². The predicted molar refractivity (Wildman–Crippen MR) is 133 cm³/mol. The third-order valence-electron chi connectivity index (χ3n) is 4.90. The van der Waals surface area contributed by atoms with Crippen LogP contribution in [0.4, 0.5) is 10.6 Å². The van der Waals surface area contributed by atoms with E-state index in [2.05, 4.69) is 31.0 Å². The average Bonchev–Trinajstić information content (AvgIpc) is 3.39. The molecular formula is C23H22N8O3S. The zero-order valence-electron chi connectivity index (χ0n) is 18.9. The second-order valence-corrected chi connectivity index (χ2v) is 8.02. The Hall–Kier alpha value is -4.42. The number of nitrogen functional groups attached to an aromatic ring is 1. The summed E-state index contributed by atoms with van der Waals surface area (Å²) < 4.78 is 5.12. The molecule has 12 heteroatoms. The molecule has 4 heterocycles. The van der Waals surface area contributed by atoms with Crippen LogP contribution >= 0.6 is 11.3 Å². The maximum atomic E-state index is 12.1. The van der Waals surface area contributed by atoms with Crippen molar-refractivity contribution in [3.63, 3.8) is 0 Å². The van der Waals surface area contributed by atoms with Gasteiger partial charge in [0.05, 0.1) is 18.4 Å². The SMILES string of the molecule is CCNC(=O)Nc1cc(-c2nc(-c3ccc(OC)nc3)cs2)c(-c2cncc(C(=O)NN)c2)cn1. The van der Waals surface area contributed by atoms with Gasteiger partial charge in [-0.25, -0.2) is 25.6 Å². The lowest BCUT2D eigenvalue weighted by Gasteiger charge is -2.11. The fraction of sp³-hybridized carbons (Fsp3) is 0.130. The normalized spacial score (nSPS) is 10.5. The molecule has 5 N–H and O–H groups in total. The Kier molecular flexibility index (Phi) is 7.24. The summed E-state index contributed by atoms with van der Waals surface area (Å²) in [5, 5.41) is 7.99. The second-order valence-electron chi connectivity index (χ2n) is 7.16. The van der Waals surface area contributed by atoms with Gasteiger partial charge in [-0.3, -0.25) is 20.5 Å². The molecule has 4 rings (SSSR count). The Balaban J connectivity index is 1.78. The van der Waals surface area contributed by atoms with Gasteiger partial charge >= 0.3 is 6.03 Å². The van der Waals surface area contributed by atoms with Crippen molar-refractivity contribution in [2.75, 3.05) is 19.0 Å². The van der Waals surface area contributed by atoms with Crippen molar-refractivity contribution >= 4 is 29.1 Å².